The lowest BCUT2D eigenvalue weighted by Crippen LogP contribution is -2.68. The summed E-state index contributed by atoms with van der Waals surface area (Å²) < 4.78 is 41.2. The van der Waals surface area contributed by atoms with E-state index in [4.69, 9.17) is 49.6 Å². The molecule has 0 aromatic heterocycles. The first-order chi connectivity index (χ1) is 22.9. The normalized spacial score (nSPS) is 26.8. The van der Waals surface area contributed by atoms with Crippen molar-refractivity contribution in [1.82, 2.24) is 0 Å². The molecular weight excluding hydrogens is 650 g/mol. The van der Waals surface area contributed by atoms with Crippen LogP contribution in [0, 0.1) is 0 Å². The Morgan fingerprint density at radius 3 is 2.25 bits per heavy atom. The van der Waals surface area contributed by atoms with E-state index in [0.717, 1.165) is 38.0 Å². The van der Waals surface area contributed by atoms with E-state index in [-0.39, 0.29) is 6.61 Å². The molecule has 2 saturated heterocycles. The van der Waals surface area contributed by atoms with Crippen LogP contribution in [-0.4, -0.2) is 73.8 Å². The van der Waals surface area contributed by atoms with Gasteiger partial charge in [-0.15, -0.1) is 0 Å². The maximum atomic E-state index is 12.5. The van der Waals surface area contributed by atoms with E-state index >= 15 is 0 Å². The van der Waals surface area contributed by atoms with E-state index in [0.29, 0.717) is 34.1 Å². The second-order valence-corrected chi connectivity index (χ2v) is 12.0. The van der Waals surface area contributed by atoms with Crippen molar-refractivity contribution < 1.29 is 57.2 Å². The summed E-state index contributed by atoms with van der Waals surface area (Å²) in [7, 11) is 1.49. The summed E-state index contributed by atoms with van der Waals surface area (Å²) in [5, 5.41) is 4.45. The summed E-state index contributed by atoms with van der Waals surface area (Å²) in [6.07, 6.45) is -0.338. The minimum Gasteiger partial charge on any atom is -0.463 e. The number of nitrogens with zero attached hydrogens (tertiary/aromatic N) is 1. The Morgan fingerprint density at radius 1 is 0.917 bits per heavy atom. The highest BCUT2D eigenvalue weighted by Gasteiger charge is 2.72. The number of hydrogen-bond acceptors (Lipinski definition) is 13. The third-order valence-corrected chi connectivity index (χ3v) is 8.34. The highest BCUT2D eigenvalue weighted by atomic mass is 35.5. The number of benzene rings is 2. The molecule has 2 aromatic carbocycles. The molecule has 0 spiro atoms. The number of hydrogen-bond donors (Lipinski definition) is 0. The summed E-state index contributed by atoms with van der Waals surface area (Å²) in [5.41, 5.74) is 1.04. The second-order valence-electron chi connectivity index (χ2n) is 11.6. The van der Waals surface area contributed by atoms with Gasteiger partial charge in [-0.3, -0.25) is 19.2 Å². The maximum absolute atomic E-state index is 12.5. The van der Waals surface area contributed by atoms with E-state index < -0.39 is 60.2 Å². The first-order valence-electron chi connectivity index (χ1n) is 15.2. The molecule has 3 aliphatic rings. The summed E-state index contributed by atoms with van der Waals surface area (Å²) >= 11 is 6.68. The SMILES string of the molecule is CON=C1CCC=C1Oc1ccc(Cc2cc([C@]34OC[C@](COC(C)=O)(O3)[C@@H](OC(C)=O)[C@H](OC(C)=O)[C@H]4OC(C)=O)ccc2Cl)cc1. The van der Waals surface area contributed by atoms with E-state index in [1.807, 2.05) is 30.3 Å². The zero-order valence-electron chi connectivity index (χ0n) is 27.1. The van der Waals surface area contributed by atoms with Gasteiger partial charge < -0.3 is 38.0 Å². The summed E-state index contributed by atoms with van der Waals surface area (Å²) in [6.45, 7) is 4.00. The molecule has 48 heavy (non-hydrogen) atoms. The van der Waals surface area contributed by atoms with Gasteiger partial charge in [-0.25, -0.2) is 0 Å². The van der Waals surface area contributed by atoms with Crippen LogP contribution < -0.4 is 4.74 Å². The monoisotopic (exact) mass is 685 g/mol. The lowest BCUT2D eigenvalue weighted by atomic mass is 9.83. The molecule has 0 N–H and O–H groups in total. The van der Waals surface area contributed by atoms with Crippen LogP contribution in [0.4, 0.5) is 0 Å². The largest absolute Gasteiger partial charge is 0.463 e. The van der Waals surface area contributed by atoms with Crippen LogP contribution in [0.3, 0.4) is 0 Å². The number of ether oxygens (including phenoxy) is 7. The van der Waals surface area contributed by atoms with Gasteiger partial charge >= 0.3 is 23.9 Å². The van der Waals surface area contributed by atoms with E-state index in [1.54, 1.807) is 18.2 Å². The highest BCUT2D eigenvalue weighted by Crippen LogP contribution is 2.53. The van der Waals surface area contributed by atoms with Crippen LogP contribution in [0.25, 0.3) is 0 Å². The first-order valence-corrected chi connectivity index (χ1v) is 15.6. The molecule has 2 bridgehead atoms. The second kappa shape index (κ2) is 14.3. The van der Waals surface area contributed by atoms with E-state index in [2.05, 4.69) is 5.16 Å². The van der Waals surface area contributed by atoms with Crippen LogP contribution >= 0.6 is 11.6 Å². The molecule has 0 radical (unpaired) electrons. The van der Waals surface area contributed by atoms with Gasteiger partial charge in [-0.2, -0.15) is 0 Å². The van der Waals surface area contributed by atoms with Crippen molar-refractivity contribution in [2.24, 2.45) is 5.16 Å². The molecule has 1 aliphatic carbocycles. The first kappa shape index (κ1) is 34.9. The van der Waals surface area contributed by atoms with Crippen LogP contribution in [0.2, 0.25) is 5.02 Å². The average Bonchev–Trinajstić information content (AvgIpc) is 3.62. The minimum atomic E-state index is -1.88. The van der Waals surface area contributed by atoms with Crippen LogP contribution in [0.1, 0.15) is 57.2 Å². The number of fused-ring (bicyclic) bond motifs is 2. The lowest BCUT2D eigenvalue weighted by molar-refractivity contribution is -0.334. The Labute approximate surface area is 282 Å². The average molecular weight is 686 g/mol. The van der Waals surface area contributed by atoms with Gasteiger partial charge in [-0.05, 0) is 54.3 Å². The predicted molar refractivity (Wildman–Crippen MR) is 168 cm³/mol. The molecule has 2 fully saturated rings. The third kappa shape index (κ3) is 7.33. The van der Waals surface area contributed by atoms with Gasteiger partial charge in [0.15, 0.2) is 17.8 Å². The predicted octanol–water partition coefficient (Wildman–Crippen LogP) is 4.30. The molecule has 0 saturated carbocycles. The Hall–Kier alpha value is -4.46. The molecule has 5 atom stereocenters. The number of carbonyl (C=O) groups is 4. The highest BCUT2D eigenvalue weighted by molar-refractivity contribution is 6.31. The summed E-state index contributed by atoms with van der Waals surface area (Å²) in [6, 6.07) is 12.5. The molecule has 5 rings (SSSR count). The topological polar surface area (TPSA) is 154 Å². The minimum absolute atomic E-state index is 0.277. The maximum Gasteiger partial charge on any atom is 0.303 e. The van der Waals surface area contributed by atoms with Gasteiger partial charge in [0.05, 0.1) is 6.61 Å². The van der Waals surface area contributed by atoms with Crippen molar-refractivity contribution in [2.75, 3.05) is 20.3 Å². The number of esters is 4. The fourth-order valence-electron chi connectivity index (χ4n) is 6.05. The quantitative estimate of drug-likeness (QED) is 0.188. The van der Waals surface area contributed by atoms with Gasteiger partial charge in [0.1, 0.15) is 30.9 Å². The fraction of sp³-hybridized carbons (Fsp3) is 0.441. The molecule has 14 heteroatoms. The van der Waals surface area contributed by atoms with E-state index in [1.165, 1.54) is 21.0 Å². The number of rotatable bonds is 11. The van der Waals surface area contributed by atoms with Crippen LogP contribution in [0.5, 0.6) is 5.75 Å². The molecule has 13 nitrogen and oxygen atoms in total. The van der Waals surface area contributed by atoms with Gasteiger partial charge in [0.2, 0.25) is 11.9 Å². The Morgan fingerprint density at radius 2 is 1.60 bits per heavy atom. The molecule has 0 unspecified atom stereocenters. The van der Waals surface area contributed by atoms with Crippen molar-refractivity contribution in [2.45, 2.75) is 76.7 Å². The van der Waals surface area contributed by atoms with Crippen molar-refractivity contribution in [3.63, 3.8) is 0 Å². The van der Waals surface area contributed by atoms with Crippen LogP contribution in [0.15, 0.2) is 59.5 Å². The molecule has 2 aromatic rings. The standard InChI is InChI=1S/C34H36ClNO12/c1-19(37)42-17-33-18-43-34(48-33,32(46-22(4)40)30(44-20(2)38)31(33)45-21(3)39)25-11-14-27(35)24(16-25)15-23-9-12-26(13-10-23)47-29-8-6-7-28(29)36-41-5/h8-14,16,30-32H,6-7,15,17-18H2,1-5H3/t30-,31-,32+,33-,34-/m0/s1. The zero-order valence-corrected chi connectivity index (χ0v) is 27.9. The Bertz CT molecular complexity index is 1640. The molecule has 2 aliphatic heterocycles. The molecule has 0 amide bonds. The van der Waals surface area contributed by atoms with Gasteiger partial charge in [0, 0.05) is 44.7 Å². The third-order valence-electron chi connectivity index (χ3n) is 7.97. The summed E-state index contributed by atoms with van der Waals surface area (Å²) in [5.74, 6) is -3.46. The smallest absolute Gasteiger partial charge is 0.303 e. The zero-order chi connectivity index (χ0) is 34.6. The van der Waals surface area contributed by atoms with E-state index in [9.17, 15) is 19.2 Å². The van der Waals surface area contributed by atoms with Gasteiger partial charge in [0.25, 0.3) is 0 Å². The number of allylic oxidation sites excluding steroid dienone is 2. The number of oxime groups is 1. The fourth-order valence-corrected chi connectivity index (χ4v) is 6.24. The van der Waals surface area contributed by atoms with Crippen molar-refractivity contribution >= 4 is 41.2 Å². The van der Waals surface area contributed by atoms with Crippen molar-refractivity contribution in [3.05, 3.63) is 76.0 Å². The van der Waals surface area contributed by atoms with Crippen molar-refractivity contribution in [3.8, 4) is 5.75 Å². The Balaban J connectivity index is 1.50. The van der Waals surface area contributed by atoms with Gasteiger partial charge in [-0.1, -0.05) is 35.0 Å². The van der Waals surface area contributed by atoms with Crippen molar-refractivity contribution in [1.29, 1.82) is 0 Å². The number of carbonyl (C=O) groups excluding carboxylic acids is 4. The molecule has 2 heterocycles. The summed E-state index contributed by atoms with van der Waals surface area (Å²) in [4.78, 5) is 53.9. The van der Waals surface area contributed by atoms with Crippen LogP contribution in [-0.2, 0) is 64.6 Å². The molecular formula is C34H36ClNO12. The lowest BCUT2D eigenvalue weighted by Gasteiger charge is -2.49. The number of halogens is 1. The Kier molecular flexibility index (Phi) is 10.4. The molecule has 256 valence electrons.